The van der Waals surface area contributed by atoms with E-state index in [-0.39, 0.29) is 30.0 Å². The molecular weight excluding hydrogens is 478 g/mol. The number of non-ortho nitro benzene ring substituents is 1. The fourth-order valence-electron chi connectivity index (χ4n) is 4.39. The zero-order valence-corrected chi connectivity index (χ0v) is 20.0. The maximum atomic E-state index is 13.0. The number of carbonyl (C=O) groups is 2. The highest BCUT2D eigenvalue weighted by Gasteiger charge is 2.24. The van der Waals surface area contributed by atoms with Gasteiger partial charge in [-0.2, -0.15) is 5.10 Å². The van der Waals surface area contributed by atoms with Gasteiger partial charge in [-0.05, 0) is 24.1 Å². The normalized spacial score (nSPS) is 13.9. The Morgan fingerprint density at radius 3 is 2.46 bits per heavy atom. The van der Waals surface area contributed by atoms with E-state index in [4.69, 9.17) is 16.2 Å². The van der Waals surface area contributed by atoms with Gasteiger partial charge >= 0.3 is 5.97 Å². The van der Waals surface area contributed by atoms with Gasteiger partial charge in [0.05, 0.1) is 10.6 Å². The van der Waals surface area contributed by atoms with Gasteiger partial charge in [-0.15, -0.1) is 0 Å². The fourth-order valence-corrected chi connectivity index (χ4v) is 4.39. The van der Waals surface area contributed by atoms with Crippen LogP contribution in [0.5, 0.6) is 0 Å². The van der Waals surface area contributed by atoms with E-state index in [0.29, 0.717) is 43.6 Å². The summed E-state index contributed by atoms with van der Waals surface area (Å²) in [6.45, 7) is 1.57. The third kappa shape index (κ3) is 6.55. The quantitative estimate of drug-likeness (QED) is 0.139. The van der Waals surface area contributed by atoms with Gasteiger partial charge in [0.2, 0.25) is 0 Å². The first-order valence-corrected chi connectivity index (χ1v) is 11.7. The van der Waals surface area contributed by atoms with Gasteiger partial charge in [0, 0.05) is 67.1 Å². The van der Waals surface area contributed by atoms with Crippen LogP contribution < -0.4 is 11.1 Å². The Balaban J connectivity index is 1.49. The Bertz CT molecular complexity index is 1320. The van der Waals surface area contributed by atoms with E-state index in [0.717, 1.165) is 16.8 Å². The number of rotatable bonds is 10. The van der Waals surface area contributed by atoms with Crippen molar-refractivity contribution in [2.75, 3.05) is 13.1 Å². The van der Waals surface area contributed by atoms with Crippen molar-refractivity contribution in [1.29, 1.82) is 5.41 Å². The van der Waals surface area contributed by atoms with Crippen LogP contribution >= 0.6 is 0 Å². The van der Waals surface area contributed by atoms with Crippen molar-refractivity contribution in [3.8, 4) is 0 Å². The molecular formula is C25H27N7O5. The highest BCUT2D eigenvalue weighted by Crippen LogP contribution is 2.19. The lowest BCUT2D eigenvalue weighted by Gasteiger charge is -2.30. The van der Waals surface area contributed by atoms with E-state index in [2.05, 4.69) is 15.3 Å². The van der Waals surface area contributed by atoms with Crippen LogP contribution in [0.2, 0.25) is 0 Å². The number of hydrogen-bond donors (Lipinski definition) is 4. The number of nitro benzene ring substituents is 1. The van der Waals surface area contributed by atoms with E-state index in [1.54, 1.807) is 42.6 Å². The van der Waals surface area contributed by atoms with Gasteiger partial charge in [0.25, 0.3) is 11.6 Å². The molecule has 2 heterocycles. The number of hydrogen-bond acceptors (Lipinski definition) is 7. The van der Waals surface area contributed by atoms with Crippen LogP contribution in [-0.2, 0) is 30.7 Å². The molecule has 0 aliphatic carbocycles. The predicted molar refractivity (Wildman–Crippen MR) is 134 cm³/mol. The van der Waals surface area contributed by atoms with Gasteiger partial charge in [-0.1, -0.05) is 24.3 Å². The number of nitro groups is 1. The van der Waals surface area contributed by atoms with Crippen molar-refractivity contribution in [1.82, 2.24) is 20.0 Å². The van der Waals surface area contributed by atoms with Crippen molar-refractivity contribution in [2.24, 2.45) is 5.73 Å². The lowest BCUT2D eigenvalue weighted by Crippen LogP contribution is -2.46. The number of amides is 1. The summed E-state index contributed by atoms with van der Waals surface area (Å²) in [4.78, 5) is 36.8. The largest absolute Gasteiger partial charge is 0.480 e. The molecule has 2 aromatic carbocycles. The SMILES string of the molecule is N=C(N)c1ccc(C(=O)N[C@@H](Cc2ccc([N+](=O)[O-])cc2)CN2CCc3nn(CC(=O)O)cc3C2)cc1. The average molecular weight is 506 g/mol. The first kappa shape index (κ1) is 25.5. The minimum absolute atomic E-state index is 0.00294. The van der Waals surface area contributed by atoms with E-state index >= 15 is 0 Å². The molecule has 12 heteroatoms. The van der Waals surface area contributed by atoms with Crippen molar-refractivity contribution in [2.45, 2.75) is 32.0 Å². The lowest BCUT2D eigenvalue weighted by atomic mass is 10.0. The van der Waals surface area contributed by atoms with Gasteiger partial charge in [0.1, 0.15) is 12.4 Å². The molecule has 0 spiro atoms. The summed E-state index contributed by atoms with van der Waals surface area (Å²) in [7, 11) is 0. The minimum atomic E-state index is -0.959. The van der Waals surface area contributed by atoms with Gasteiger partial charge < -0.3 is 16.2 Å². The number of aliphatic carboxylic acids is 1. The number of benzene rings is 2. The number of carbonyl (C=O) groups excluding carboxylic acids is 1. The first-order chi connectivity index (χ1) is 17.7. The molecule has 37 heavy (non-hydrogen) atoms. The number of nitrogens with one attached hydrogen (secondary N) is 2. The van der Waals surface area contributed by atoms with Crippen LogP contribution in [0.25, 0.3) is 0 Å². The second-order valence-corrected chi connectivity index (χ2v) is 8.97. The summed E-state index contributed by atoms with van der Waals surface area (Å²) < 4.78 is 1.43. The summed E-state index contributed by atoms with van der Waals surface area (Å²) in [5.41, 5.74) is 9.11. The van der Waals surface area contributed by atoms with Crippen LogP contribution in [0.4, 0.5) is 5.69 Å². The van der Waals surface area contributed by atoms with Crippen molar-refractivity contribution < 1.29 is 19.6 Å². The molecule has 0 unspecified atom stereocenters. The second-order valence-electron chi connectivity index (χ2n) is 8.97. The number of nitrogens with two attached hydrogens (primary N) is 1. The predicted octanol–water partition coefficient (Wildman–Crippen LogP) is 1.56. The van der Waals surface area contributed by atoms with E-state index in [1.165, 1.54) is 16.8 Å². The smallest absolute Gasteiger partial charge is 0.325 e. The highest BCUT2D eigenvalue weighted by molar-refractivity contribution is 5.98. The Morgan fingerprint density at radius 2 is 1.84 bits per heavy atom. The zero-order valence-electron chi connectivity index (χ0n) is 20.0. The zero-order chi connectivity index (χ0) is 26.5. The molecule has 1 amide bonds. The van der Waals surface area contributed by atoms with Crippen molar-refractivity contribution in [3.63, 3.8) is 0 Å². The van der Waals surface area contributed by atoms with Gasteiger partial charge in [-0.3, -0.25) is 34.7 Å². The third-order valence-corrected chi connectivity index (χ3v) is 6.18. The molecule has 0 saturated heterocycles. The van der Waals surface area contributed by atoms with E-state index in [9.17, 15) is 19.7 Å². The third-order valence-electron chi connectivity index (χ3n) is 6.18. The molecule has 12 nitrogen and oxygen atoms in total. The van der Waals surface area contributed by atoms with E-state index < -0.39 is 10.9 Å². The average Bonchev–Trinajstić information content (AvgIpc) is 3.25. The molecule has 5 N–H and O–H groups in total. The molecule has 192 valence electrons. The van der Waals surface area contributed by atoms with Crippen molar-refractivity contribution >= 4 is 23.4 Å². The van der Waals surface area contributed by atoms with E-state index in [1.807, 2.05) is 0 Å². The molecule has 1 aliphatic rings. The van der Waals surface area contributed by atoms with Gasteiger partial charge in [0.15, 0.2) is 0 Å². The number of amidine groups is 1. The number of fused-ring (bicyclic) bond motifs is 1. The summed E-state index contributed by atoms with van der Waals surface area (Å²) >= 11 is 0. The molecule has 0 saturated carbocycles. The Kier molecular flexibility index (Phi) is 7.58. The van der Waals surface area contributed by atoms with Crippen LogP contribution in [-0.4, -0.2) is 61.6 Å². The first-order valence-electron chi connectivity index (χ1n) is 11.7. The highest BCUT2D eigenvalue weighted by atomic mass is 16.6. The maximum absolute atomic E-state index is 13.0. The lowest BCUT2D eigenvalue weighted by molar-refractivity contribution is -0.384. The standard InChI is InChI=1S/C25H27N7O5/c26-24(27)17-3-5-18(6-4-17)25(35)28-20(11-16-1-7-21(8-2-16)32(36)37)14-30-10-9-22-19(12-30)13-31(29-22)15-23(33)34/h1-8,13,20H,9-12,14-15H2,(H3,26,27)(H,28,35)(H,33,34)/t20-/m0/s1. The molecule has 1 aliphatic heterocycles. The Hall–Kier alpha value is -4.58. The monoisotopic (exact) mass is 505 g/mol. The number of carboxylic acid groups (broad SMARTS) is 1. The van der Waals surface area contributed by atoms with Crippen molar-refractivity contribution in [3.05, 3.63) is 92.8 Å². The number of carboxylic acids is 1. The van der Waals surface area contributed by atoms with Gasteiger partial charge in [-0.25, -0.2) is 0 Å². The Morgan fingerprint density at radius 1 is 1.16 bits per heavy atom. The maximum Gasteiger partial charge on any atom is 0.325 e. The van der Waals surface area contributed by atoms with Crippen LogP contribution in [0.15, 0.2) is 54.7 Å². The summed E-state index contributed by atoms with van der Waals surface area (Å²) in [5.74, 6) is -1.33. The topological polar surface area (TPSA) is 180 Å². The summed E-state index contributed by atoms with van der Waals surface area (Å²) in [5, 5.41) is 35.0. The molecule has 3 aromatic rings. The minimum Gasteiger partial charge on any atom is -0.480 e. The molecule has 1 aromatic heterocycles. The number of nitrogens with zero attached hydrogens (tertiary/aromatic N) is 4. The fraction of sp³-hybridized carbons (Fsp3) is 0.280. The van der Waals surface area contributed by atoms with Crippen LogP contribution in [0.1, 0.15) is 32.7 Å². The molecule has 4 rings (SSSR count). The summed E-state index contributed by atoms with van der Waals surface area (Å²) in [6, 6.07) is 12.4. The Labute approximate surface area is 212 Å². The number of aromatic nitrogens is 2. The number of nitrogen functional groups attached to an aromatic ring is 1. The van der Waals surface area contributed by atoms with Crippen LogP contribution in [0.3, 0.4) is 0 Å². The summed E-state index contributed by atoms with van der Waals surface area (Å²) in [6.07, 6.45) is 2.86. The molecule has 0 bridgehead atoms. The molecule has 0 radical (unpaired) electrons. The van der Waals surface area contributed by atoms with Crippen LogP contribution in [0, 0.1) is 15.5 Å². The molecule has 0 fully saturated rings. The second kappa shape index (κ2) is 11.0. The molecule has 1 atom stereocenters.